The van der Waals surface area contributed by atoms with E-state index in [0.29, 0.717) is 6.61 Å². The van der Waals surface area contributed by atoms with Crippen molar-refractivity contribution >= 4 is 23.4 Å². The molecule has 0 N–H and O–H groups in total. The zero-order valence-corrected chi connectivity index (χ0v) is 13.1. The van der Waals surface area contributed by atoms with Gasteiger partial charge < -0.3 is 4.74 Å². The van der Waals surface area contributed by atoms with Crippen LogP contribution < -0.4 is 0 Å². The molecule has 1 saturated carbocycles. The maximum atomic E-state index is 5.97. The molecule has 2 fully saturated rings. The number of hydrogen-bond donors (Lipinski definition) is 0. The number of halogens is 1. The summed E-state index contributed by atoms with van der Waals surface area (Å²) in [4.78, 5) is 12.4. The molecule has 2 aliphatic rings. The monoisotopic (exact) mass is 314 g/mol. The molecule has 1 aliphatic carbocycles. The van der Waals surface area contributed by atoms with Gasteiger partial charge in [0.1, 0.15) is 5.60 Å². The van der Waals surface area contributed by atoms with Crippen LogP contribution in [0.1, 0.15) is 32.6 Å². The van der Waals surface area contributed by atoms with E-state index < -0.39 is 11.4 Å². The molecule has 3 nitrogen and oxygen atoms in total. The lowest BCUT2D eigenvalue weighted by Gasteiger charge is -2.41. The largest absolute Gasteiger partial charge is 0.344 e. The number of ether oxygens (including phenoxy) is 1. The minimum atomic E-state index is -0.468. The van der Waals surface area contributed by atoms with Crippen LogP contribution in [0.4, 0.5) is 0 Å². The van der Waals surface area contributed by atoms with Crippen LogP contribution in [-0.4, -0.2) is 23.7 Å². The van der Waals surface area contributed by atoms with Crippen LogP contribution in [0.25, 0.3) is 0 Å². The van der Waals surface area contributed by atoms with Crippen LogP contribution in [0.15, 0.2) is 29.2 Å². The summed E-state index contributed by atoms with van der Waals surface area (Å²) in [5.74, 6) is 0.315. The van der Waals surface area contributed by atoms with Crippen molar-refractivity contribution in [2.24, 2.45) is 0 Å². The average molecular weight is 315 g/mol. The third kappa shape index (κ3) is 3.31. The normalized spacial score (nSPS) is 28.9. The Balaban J connectivity index is 1.54. The van der Waals surface area contributed by atoms with Gasteiger partial charge in [-0.25, -0.2) is 9.78 Å². The molecule has 1 aromatic rings. The first-order valence-electron chi connectivity index (χ1n) is 6.99. The molecule has 0 amide bonds. The molecule has 1 aliphatic heterocycles. The summed E-state index contributed by atoms with van der Waals surface area (Å²) in [6.45, 7) is 2.60. The van der Waals surface area contributed by atoms with Gasteiger partial charge in [-0.2, -0.15) is 0 Å². The third-order valence-corrected chi connectivity index (χ3v) is 5.37. The Bertz CT molecular complexity index is 447. The smallest absolute Gasteiger partial charge is 0.201 e. The average Bonchev–Trinajstić information content (AvgIpc) is 2.91. The van der Waals surface area contributed by atoms with E-state index in [1.54, 1.807) is 11.8 Å². The highest BCUT2D eigenvalue weighted by atomic mass is 35.5. The summed E-state index contributed by atoms with van der Waals surface area (Å²) >= 11 is 7.60. The standard InChI is InChI=1S/C15H19ClO3S/c1-14(11-20-13-6-4-12(16)5-7-13)10-17-15(19-18-14)8-2-3-9-15/h4-7H,2-3,8-11H2,1H3. The maximum Gasteiger partial charge on any atom is 0.201 e. The van der Waals surface area contributed by atoms with Gasteiger partial charge in [0.05, 0.1) is 6.61 Å². The molecule has 3 rings (SSSR count). The molecule has 0 radical (unpaired) electrons. The van der Waals surface area contributed by atoms with Crippen LogP contribution in [0.3, 0.4) is 0 Å². The minimum absolute atomic E-state index is 0.405. The Morgan fingerprint density at radius 2 is 1.85 bits per heavy atom. The number of hydrogen-bond acceptors (Lipinski definition) is 4. The maximum absolute atomic E-state index is 5.97. The van der Waals surface area contributed by atoms with Gasteiger partial charge in [0.2, 0.25) is 5.79 Å². The van der Waals surface area contributed by atoms with E-state index in [2.05, 4.69) is 0 Å². The second kappa shape index (κ2) is 5.85. The van der Waals surface area contributed by atoms with Crippen molar-refractivity contribution in [1.82, 2.24) is 0 Å². The highest BCUT2D eigenvalue weighted by Crippen LogP contribution is 2.40. The van der Waals surface area contributed by atoms with Gasteiger partial charge in [-0.3, -0.25) is 0 Å². The molecule has 5 heteroatoms. The fraction of sp³-hybridized carbons (Fsp3) is 0.600. The Kier molecular flexibility index (Phi) is 4.29. The molecule has 0 bridgehead atoms. The highest BCUT2D eigenvalue weighted by Gasteiger charge is 2.46. The topological polar surface area (TPSA) is 27.7 Å². The first-order chi connectivity index (χ1) is 9.59. The fourth-order valence-corrected chi connectivity index (χ4v) is 3.54. The van der Waals surface area contributed by atoms with Crippen molar-refractivity contribution < 1.29 is 14.5 Å². The van der Waals surface area contributed by atoms with Crippen LogP contribution in [-0.2, 0) is 14.5 Å². The molecule has 20 heavy (non-hydrogen) atoms. The van der Waals surface area contributed by atoms with E-state index in [-0.39, 0.29) is 0 Å². The predicted octanol–water partition coefficient (Wildman–Crippen LogP) is 4.44. The summed E-state index contributed by atoms with van der Waals surface area (Å²) < 4.78 is 5.97. The van der Waals surface area contributed by atoms with Crippen molar-refractivity contribution in [3.63, 3.8) is 0 Å². The molecule has 1 saturated heterocycles. The van der Waals surface area contributed by atoms with Crippen LogP contribution in [0.2, 0.25) is 5.02 Å². The highest BCUT2D eigenvalue weighted by molar-refractivity contribution is 7.99. The molecule has 0 aromatic heterocycles. The van der Waals surface area contributed by atoms with Gasteiger partial charge in [0.25, 0.3) is 0 Å². The lowest BCUT2D eigenvalue weighted by Crippen LogP contribution is -2.50. The van der Waals surface area contributed by atoms with Gasteiger partial charge in [-0.1, -0.05) is 11.6 Å². The number of rotatable bonds is 3. The molecular weight excluding hydrogens is 296 g/mol. The van der Waals surface area contributed by atoms with Gasteiger partial charge in [-0.15, -0.1) is 11.8 Å². The van der Waals surface area contributed by atoms with E-state index in [1.165, 1.54) is 4.90 Å². The summed E-state index contributed by atoms with van der Waals surface area (Å²) in [6, 6.07) is 7.82. The van der Waals surface area contributed by atoms with Crippen molar-refractivity contribution in [2.45, 2.75) is 48.9 Å². The van der Waals surface area contributed by atoms with Crippen molar-refractivity contribution in [2.75, 3.05) is 12.4 Å². The van der Waals surface area contributed by atoms with Gasteiger partial charge >= 0.3 is 0 Å². The minimum Gasteiger partial charge on any atom is -0.344 e. The van der Waals surface area contributed by atoms with Crippen molar-refractivity contribution in [3.05, 3.63) is 29.3 Å². The van der Waals surface area contributed by atoms with Gasteiger partial charge in [0.15, 0.2) is 0 Å². The Morgan fingerprint density at radius 3 is 2.45 bits per heavy atom. The van der Waals surface area contributed by atoms with E-state index in [9.17, 15) is 0 Å². The quantitative estimate of drug-likeness (QED) is 0.609. The number of thioether (sulfide) groups is 1. The molecule has 1 aromatic carbocycles. The molecule has 1 heterocycles. The Hall–Kier alpha value is -0.260. The van der Waals surface area contributed by atoms with Crippen LogP contribution >= 0.6 is 23.4 Å². The lowest BCUT2D eigenvalue weighted by atomic mass is 10.1. The molecule has 1 spiro atoms. The predicted molar refractivity (Wildman–Crippen MR) is 79.9 cm³/mol. The van der Waals surface area contributed by atoms with E-state index >= 15 is 0 Å². The first kappa shape index (κ1) is 14.7. The first-order valence-corrected chi connectivity index (χ1v) is 8.35. The van der Waals surface area contributed by atoms with E-state index in [1.807, 2.05) is 31.2 Å². The molecule has 1 atom stereocenters. The van der Waals surface area contributed by atoms with E-state index in [4.69, 9.17) is 26.1 Å². The second-order valence-electron chi connectivity index (χ2n) is 5.77. The lowest BCUT2D eigenvalue weighted by molar-refractivity contribution is -0.503. The summed E-state index contributed by atoms with van der Waals surface area (Å²) in [6.07, 6.45) is 4.18. The summed E-state index contributed by atoms with van der Waals surface area (Å²) in [7, 11) is 0. The summed E-state index contributed by atoms with van der Waals surface area (Å²) in [5.41, 5.74) is -0.405. The van der Waals surface area contributed by atoms with Crippen molar-refractivity contribution in [1.29, 1.82) is 0 Å². The van der Waals surface area contributed by atoms with Crippen LogP contribution in [0.5, 0.6) is 0 Å². The SMILES string of the molecule is CC1(CSc2ccc(Cl)cc2)COC2(CCCC2)OO1. The third-order valence-electron chi connectivity index (χ3n) is 3.76. The Morgan fingerprint density at radius 1 is 1.15 bits per heavy atom. The summed E-state index contributed by atoms with van der Waals surface area (Å²) in [5, 5.41) is 0.754. The van der Waals surface area contributed by atoms with Crippen LogP contribution in [0, 0.1) is 0 Å². The fourth-order valence-electron chi connectivity index (χ4n) is 2.48. The second-order valence-corrected chi connectivity index (χ2v) is 7.25. The molecule has 110 valence electrons. The Labute approximate surface area is 128 Å². The van der Waals surface area contributed by atoms with Gasteiger partial charge in [-0.05, 0) is 44.0 Å². The van der Waals surface area contributed by atoms with Gasteiger partial charge in [0, 0.05) is 28.5 Å². The number of benzene rings is 1. The molecule has 1 unspecified atom stereocenters. The molecular formula is C15H19ClO3S. The zero-order chi connectivity index (χ0) is 14.1. The zero-order valence-electron chi connectivity index (χ0n) is 11.6. The van der Waals surface area contributed by atoms with E-state index in [0.717, 1.165) is 36.5 Å². The van der Waals surface area contributed by atoms with Crippen molar-refractivity contribution in [3.8, 4) is 0 Å².